The van der Waals surface area contributed by atoms with E-state index in [0.717, 1.165) is 13.8 Å². The quantitative estimate of drug-likeness (QED) is 0.304. The lowest BCUT2D eigenvalue weighted by atomic mass is 9.96. The molecule has 1 fully saturated rings. The van der Waals surface area contributed by atoms with Gasteiger partial charge in [-0.3, -0.25) is 24.0 Å². The Morgan fingerprint density at radius 1 is 0.941 bits per heavy atom. The van der Waals surface area contributed by atoms with Gasteiger partial charge in [-0.1, -0.05) is 0 Å². The van der Waals surface area contributed by atoms with Crippen LogP contribution in [0.15, 0.2) is 18.2 Å². The largest absolute Gasteiger partial charge is 0.507 e. The molecule has 1 aromatic carbocycles. The number of carbonyl (C=O) groups excluding carboxylic acids is 5. The number of aromatic hydroxyl groups is 1. The minimum absolute atomic E-state index is 0.0570. The summed E-state index contributed by atoms with van der Waals surface area (Å²) in [6, 6.07) is 2.73. The molecular weight excluding hydrogens is 454 g/mol. The molecule has 1 aliphatic heterocycles. The summed E-state index contributed by atoms with van der Waals surface area (Å²) in [4.78, 5) is 58.5. The number of carbonyl (C=O) groups is 5. The summed E-state index contributed by atoms with van der Waals surface area (Å²) in [7, 11) is 0. The van der Waals surface area contributed by atoms with E-state index in [0.29, 0.717) is 0 Å². The maximum absolute atomic E-state index is 11.9. The summed E-state index contributed by atoms with van der Waals surface area (Å²) < 4.78 is 27.4. The second-order valence-corrected chi connectivity index (χ2v) is 7.57. The molecule has 1 aromatic rings. The highest BCUT2D eigenvalue weighted by molar-refractivity contribution is 5.96. The van der Waals surface area contributed by atoms with Gasteiger partial charge in [-0.25, -0.2) is 0 Å². The molecule has 5 atom stereocenters. The van der Waals surface area contributed by atoms with Crippen molar-refractivity contribution in [3.05, 3.63) is 23.8 Å². The lowest BCUT2D eigenvalue weighted by Crippen LogP contribution is -2.67. The molecule has 34 heavy (non-hydrogen) atoms. The summed E-state index contributed by atoms with van der Waals surface area (Å²) in [5.41, 5.74) is 0.0655. The topological polar surface area (TPSA) is 164 Å². The Balaban J connectivity index is 2.47. The zero-order valence-corrected chi connectivity index (χ0v) is 19.4. The van der Waals surface area contributed by atoms with Crippen LogP contribution in [0, 0.1) is 0 Å². The van der Waals surface area contributed by atoms with Crippen LogP contribution in [-0.2, 0) is 38.1 Å². The number of benzene rings is 1. The highest BCUT2D eigenvalue weighted by Gasteiger charge is 2.52. The van der Waals surface area contributed by atoms with Crippen LogP contribution in [0.1, 0.15) is 45.0 Å². The molecule has 0 bridgehead atoms. The Morgan fingerprint density at radius 3 is 2.06 bits per heavy atom. The van der Waals surface area contributed by atoms with E-state index in [4.69, 9.17) is 23.7 Å². The number of Topliss-reactive ketones (excluding diaryl/α,β-unsaturated/α-hetero) is 1. The number of nitrogens with one attached hydrogen (secondary N) is 1. The molecular formula is C22H27NO11. The molecule has 1 heterocycles. The number of amides is 1. The van der Waals surface area contributed by atoms with Crippen molar-refractivity contribution in [2.45, 2.75) is 65.3 Å². The average molecular weight is 481 g/mol. The van der Waals surface area contributed by atoms with E-state index in [1.807, 2.05) is 0 Å². The standard InChI is InChI=1S/C22H27NO11/c1-10(24)16-7-6-15(8-17(16)29)33-22-19(23-11(2)25)21(32-14(5)28)20(31-13(4)27)18(34-22)9-30-12(3)26/h6-8,18-22,29H,9H2,1-5H3,(H,23,25)/t18-,19+,20+,21-,22-/m1/s1. The minimum Gasteiger partial charge on any atom is -0.507 e. The van der Waals surface area contributed by atoms with Gasteiger partial charge < -0.3 is 34.1 Å². The Labute approximate surface area is 195 Å². The third-order valence-electron chi connectivity index (χ3n) is 4.67. The van der Waals surface area contributed by atoms with E-state index in [9.17, 15) is 29.1 Å². The van der Waals surface area contributed by atoms with Crippen molar-refractivity contribution < 1.29 is 52.8 Å². The third kappa shape index (κ3) is 7.17. The van der Waals surface area contributed by atoms with Crippen LogP contribution in [0.3, 0.4) is 0 Å². The highest BCUT2D eigenvalue weighted by atomic mass is 16.7. The first kappa shape index (κ1) is 26.6. The molecule has 0 radical (unpaired) electrons. The number of hydrogen-bond donors (Lipinski definition) is 2. The summed E-state index contributed by atoms with van der Waals surface area (Å²) in [5.74, 6) is -3.30. The molecule has 0 unspecified atom stereocenters. The normalized spacial score (nSPS) is 23.9. The van der Waals surface area contributed by atoms with E-state index in [-0.39, 0.29) is 29.5 Å². The van der Waals surface area contributed by atoms with E-state index < -0.39 is 54.5 Å². The lowest BCUT2D eigenvalue weighted by Gasteiger charge is -2.44. The van der Waals surface area contributed by atoms with Gasteiger partial charge >= 0.3 is 17.9 Å². The summed E-state index contributed by atoms with van der Waals surface area (Å²) in [6.07, 6.45) is -5.03. The average Bonchev–Trinajstić information content (AvgIpc) is 2.69. The number of hydrogen-bond acceptors (Lipinski definition) is 11. The first-order chi connectivity index (χ1) is 15.9. The predicted octanol–water partition coefficient (Wildman–Crippen LogP) is 0.630. The van der Waals surface area contributed by atoms with E-state index in [2.05, 4.69) is 5.32 Å². The number of ketones is 1. The van der Waals surface area contributed by atoms with Crippen molar-refractivity contribution in [1.82, 2.24) is 5.32 Å². The van der Waals surface area contributed by atoms with Crippen LogP contribution in [-0.4, -0.2) is 72.0 Å². The van der Waals surface area contributed by atoms with Gasteiger partial charge in [0, 0.05) is 33.8 Å². The number of esters is 3. The molecule has 12 nitrogen and oxygen atoms in total. The van der Waals surface area contributed by atoms with Gasteiger partial charge in [-0.15, -0.1) is 0 Å². The fourth-order valence-electron chi connectivity index (χ4n) is 3.41. The van der Waals surface area contributed by atoms with Gasteiger partial charge in [0.15, 0.2) is 18.0 Å². The molecule has 12 heteroatoms. The van der Waals surface area contributed by atoms with Crippen LogP contribution in [0.4, 0.5) is 0 Å². The summed E-state index contributed by atoms with van der Waals surface area (Å²) in [5, 5.41) is 12.7. The van der Waals surface area contributed by atoms with Crippen LogP contribution in [0.25, 0.3) is 0 Å². The van der Waals surface area contributed by atoms with Crippen molar-refractivity contribution in [2.75, 3.05) is 6.61 Å². The predicted molar refractivity (Wildman–Crippen MR) is 113 cm³/mol. The van der Waals surface area contributed by atoms with Crippen molar-refractivity contribution >= 4 is 29.6 Å². The maximum Gasteiger partial charge on any atom is 0.303 e. The maximum atomic E-state index is 11.9. The Bertz CT molecular complexity index is 960. The Hall–Kier alpha value is -3.67. The van der Waals surface area contributed by atoms with Crippen LogP contribution >= 0.6 is 0 Å². The monoisotopic (exact) mass is 481 g/mol. The van der Waals surface area contributed by atoms with Gasteiger partial charge in [0.1, 0.15) is 30.3 Å². The minimum atomic E-state index is -1.34. The van der Waals surface area contributed by atoms with Crippen LogP contribution < -0.4 is 10.1 Å². The molecule has 1 saturated heterocycles. The zero-order valence-electron chi connectivity index (χ0n) is 19.4. The fraction of sp³-hybridized carbons (Fsp3) is 0.500. The van der Waals surface area contributed by atoms with Gasteiger partial charge in [0.2, 0.25) is 12.2 Å². The highest BCUT2D eigenvalue weighted by Crippen LogP contribution is 2.31. The van der Waals surface area contributed by atoms with Crippen LogP contribution in [0.5, 0.6) is 11.5 Å². The first-order valence-electron chi connectivity index (χ1n) is 10.3. The number of phenolic OH excluding ortho intramolecular Hbond substituents is 1. The van der Waals surface area contributed by atoms with E-state index >= 15 is 0 Å². The Kier molecular flexibility index (Phi) is 8.96. The number of phenols is 1. The Morgan fingerprint density at radius 2 is 1.56 bits per heavy atom. The molecule has 186 valence electrons. The second-order valence-electron chi connectivity index (χ2n) is 7.57. The van der Waals surface area contributed by atoms with Crippen molar-refractivity contribution in [2.24, 2.45) is 0 Å². The van der Waals surface area contributed by atoms with Crippen molar-refractivity contribution in [1.29, 1.82) is 0 Å². The van der Waals surface area contributed by atoms with Crippen molar-refractivity contribution in [3.8, 4) is 11.5 Å². The van der Waals surface area contributed by atoms with E-state index in [1.54, 1.807) is 0 Å². The van der Waals surface area contributed by atoms with Gasteiger partial charge in [0.25, 0.3) is 0 Å². The first-order valence-corrected chi connectivity index (χ1v) is 10.3. The number of rotatable bonds is 8. The molecule has 1 aliphatic rings. The smallest absolute Gasteiger partial charge is 0.303 e. The lowest BCUT2D eigenvalue weighted by molar-refractivity contribution is -0.257. The zero-order chi connectivity index (χ0) is 25.6. The third-order valence-corrected chi connectivity index (χ3v) is 4.67. The van der Waals surface area contributed by atoms with Gasteiger partial charge in [-0.2, -0.15) is 0 Å². The summed E-state index contributed by atoms with van der Waals surface area (Å²) >= 11 is 0. The van der Waals surface area contributed by atoms with Gasteiger partial charge in [-0.05, 0) is 19.1 Å². The van der Waals surface area contributed by atoms with Crippen molar-refractivity contribution in [3.63, 3.8) is 0 Å². The molecule has 0 saturated carbocycles. The van der Waals surface area contributed by atoms with Gasteiger partial charge in [0.05, 0.1) is 5.56 Å². The number of ether oxygens (including phenoxy) is 5. The SMILES string of the molecule is CC(=O)N[C@@H]1[C@H](Oc2ccc(C(C)=O)c(O)c2)O[C@H](COC(C)=O)[C@H](OC(C)=O)[C@@H]1OC(C)=O. The molecule has 0 aromatic heterocycles. The molecule has 2 N–H and O–H groups in total. The summed E-state index contributed by atoms with van der Waals surface area (Å²) in [6.45, 7) is 5.53. The van der Waals surface area contributed by atoms with Crippen LogP contribution in [0.2, 0.25) is 0 Å². The molecule has 2 rings (SSSR count). The molecule has 0 aliphatic carbocycles. The molecule has 1 amide bonds. The second kappa shape index (κ2) is 11.5. The molecule has 0 spiro atoms. The van der Waals surface area contributed by atoms with E-state index in [1.165, 1.54) is 39.0 Å². The fourth-order valence-corrected chi connectivity index (χ4v) is 3.41.